The molecule has 0 aliphatic carbocycles. The van der Waals surface area contributed by atoms with Crippen molar-refractivity contribution in [3.05, 3.63) is 28.2 Å². The first-order valence-corrected chi connectivity index (χ1v) is 5.70. The molecule has 0 heterocycles. The van der Waals surface area contributed by atoms with Gasteiger partial charge in [0, 0.05) is 11.4 Å². The first kappa shape index (κ1) is 15.5. The second-order valence-electron chi connectivity index (χ2n) is 3.39. The summed E-state index contributed by atoms with van der Waals surface area (Å²) in [5.74, 6) is -2.15. The second kappa shape index (κ2) is 6.05. The lowest BCUT2D eigenvalue weighted by Crippen LogP contribution is -2.20. The van der Waals surface area contributed by atoms with Crippen LogP contribution >= 0.6 is 15.9 Å². The Morgan fingerprint density at radius 2 is 1.95 bits per heavy atom. The zero-order valence-electron chi connectivity index (χ0n) is 9.58. The Kier molecular flexibility index (Phi) is 4.93. The largest absolute Gasteiger partial charge is 0.573 e. The quantitative estimate of drug-likeness (QED) is 0.624. The Morgan fingerprint density at radius 3 is 2.47 bits per heavy atom. The normalized spacial score (nSPS) is 11.0. The average molecular weight is 341 g/mol. The van der Waals surface area contributed by atoms with Crippen molar-refractivity contribution in [3.8, 4) is 5.75 Å². The summed E-state index contributed by atoms with van der Waals surface area (Å²) in [6.07, 6.45) is -4.92. The number of halogens is 4. The Bertz CT molecular complexity index is 499. The van der Waals surface area contributed by atoms with Crippen molar-refractivity contribution in [2.45, 2.75) is 13.3 Å². The molecule has 0 saturated carbocycles. The topological polar surface area (TPSA) is 52.6 Å². The summed E-state index contributed by atoms with van der Waals surface area (Å²) in [5.41, 5.74) is -0.318. The number of benzene rings is 1. The van der Waals surface area contributed by atoms with E-state index in [9.17, 15) is 22.8 Å². The molecule has 0 amide bonds. The summed E-state index contributed by atoms with van der Waals surface area (Å²) in [6, 6.07) is 3.54. The van der Waals surface area contributed by atoms with Gasteiger partial charge in [-0.3, -0.25) is 9.59 Å². The van der Waals surface area contributed by atoms with Crippen LogP contribution in [0.1, 0.15) is 17.3 Å². The van der Waals surface area contributed by atoms with Gasteiger partial charge in [-0.15, -0.1) is 13.2 Å². The van der Waals surface area contributed by atoms with Gasteiger partial charge in [-0.2, -0.15) is 0 Å². The summed E-state index contributed by atoms with van der Waals surface area (Å²) in [6.45, 7) is 0.438. The first-order valence-electron chi connectivity index (χ1n) is 4.91. The van der Waals surface area contributed by atoms with E-state index in [2.05, 4.69) is 25.4 Å². The van der Waals surface area contributed by atoms with Crippen molar-refractivity contribution in [2.75, 3.05) is 6.61 Å². The molecule has 1 aromatic carbocycles. The summed E-state index contributed by atoms with van der Waals surface area (Å²) in [7, 11) is 0. The minimum atomic E-state index is -4.92. The maximum Gasteiger partial charge on any atom is 0.573 e. The van der Waals surface area contributed by atoms with Crippen LogP contribution in [0.5, 0.6) is 5.75 Å². The van der Waals surface area contributed by atoms with Gasteiger partial charge in [-0.25, -0.2) is 0 Å². The Labute approximate surface area is 114 Å². The molecule has 0 radical (unpaired) electrons. The second-order valence-corrected chi connectivity index (χ2v) is 4.31. The molecular weight excluding hydrogens is 333 g/mol. The van der Waals surface area contributed by atoms with Crippen molar-refractivity contribution in [1.29, 1.82) is 0 Å². The van der Waals surface area contributed by atoms with Gasteiger partial charge in [0.15, 0.2) is 6.61 Å². The standard InChI is InChI=1S/C11H8BrF3O4/c1-6(16)18-5-9(17)8-3-2-7(12)4-10(8)19-11(13,14)15/h2-4H,5H2,1H3. The fourth-order valence-corrected chi connectivity index (χ4v) is 1.52. The summed E-state index contributed by atoms with van der Waals surface area (Å²) in [4.78, 5) is 22.2. The van der Waals surface area contributed by atoms with Crippen molar-refractivity contribution in [2.24, 2.45) is 0 Å². The van der Waals surface area contributed by atoms with E-state index in [0.717, 1.165) is 19.1 Å². The third-order valence-electron chi connectivity index (χ3n) is 1.88. The highest BCUT2D eigenvalue weighted by molar-refractivity contribution is 9.10. The van der Waals surface area contributed by atoms with Crippen LogP contribution < -0.4 is 4.74 Å². The zero-order valence-corrected chi connectivity index (χ0v) is 11.2. The van der Waals surface area contributed by atoms with Crippen LogP contribution in [-0.2, 0) is 9.53 Å². The lowest BCUT2D eigenvalue weighted by atomic mass is 10.1. The highest BCUT2D eigenvalue weighted by atomic mass is 79.9. The maximum atomic E-state index is 12.2. The molecule has 104 valence electrons. The minimum absolute atomic E-state index is 0.316. The SMILES string of the molecule is CC(=O)OCC(=O)c1ccc(Br)cc1OC(F)(F)F. The van der Waals surface area contributed by atoms with E-state index >= 15 is 0 Å². The van der Waals surface area contributed by atoms with Crippen molar-refractivity contribution >= 4 is 27.7 Å². The van der Waals surface area contributed by atoms with Gasteiger partial charge in [0.25, 0.3) is 0 Å². The number of carbonyl (C=O) groups excluding carboxylic acids is 2. The van der Waals surface area contributed by atoms with E-state index in [1.165, 1.54) is 6.07 Å². The van der Waals surface area contributed by atoms with Crippen LogP contribution in [0.25, 0.3) is 0 Å². The number of carbonyl (C=O) groups is 2. The summed E-state index contributed by atoms with van der Waals surface area (Å²) < 4.78 is 45.1. The minimum Gasteiger partial charge on any atom is -0.457 e. The monoisotopic (exact) mass is 340 g/mol. The van der Waals surface area contributed by atoms with E-state index in [1.54, 1.807) is 0 Å². The van der Waals surface area contributed by atoms with Crippen molar-refractivity contribution < 1.29 is 32.2 Å². The molecule has 0 aliphatic heterocycles. The molecule has 0 spiro atoms. The van der Waals surface area contributed by atoms with Gasteiger partial charge in [0.1, 0.15) is 5.75 Å². The molecule has 1 aromatic rings. The lowest BCUT2D eigenvalue weighted by molar-refractivity contribution is -0.274. The van der Waals surface area contributed by atoms with Crippen molar-refractivity contribution in [3.63, 3.8) is 0 Å². The highest BCUT2D eigenvalue weighted by Gasteiger charge is 2.33. The molecule has 0 atom stereocenters. The maximum absolute atomic E-state index is 12.2. The number of hydrogen-bond acceptors (Lipinski definition) is 4. The molecular formula is C11H8BrF3O4. The summed E-state index contributed by atoms with van der Waals surface area (Å²) >= 11 is 2.97. The fourth-order valence-electron chi connectivity index (χ4n) is 1.18. The highest BCUT2D eigenvalue weighted by Crippen LogP contribution is 2.29. The van der Waals surface area contributed by atoms with Gasteiger partial charge in [-0.1, -0.05) is 15.9 Å². The number of rotatable bonds is 4. The van der Waals surface area contributed by atoms with E-state index in [4.69, 9.17) is 0 Å². The number of ketones is 1. The Balaban J connectivity index is 2.99. The van der Waals surface area contributed by atoms with E-state index in [1.807, 2.05) is 0 Å². The van der Waals surface area contributed by atoms with Gasteiger partial charge < -0.3 is 9.47 Å². The van der Waals surface area contributed by atoms with Crippen LogP contribution in [0.3, 0.4) is 0 Å². The lowest BCUT2D eigenvalue weighted by Gasteiger charge is -2.13. The molecule has 0 N–H and O–H groups in total. The molecule has 0 aliphatic rings. The van der Waals surface area contributed by atoms with Gasteiger partial charge in [-0.05, 0) is 18.2 Å². The number of esters is 1. The Morgan fingerprint density at radius 1 is 1.32 bits per heavy atom. The van der Waals surface area contributed by atoms with Crippen LogP contribution in [0.2, 0.25) is 0 Å². The third-order valence-corrected chi connectivity index (χ3v) is 2.37. The van der Waals surface area contributed by atoms with Crippen LogP contribution in [-0.4, -0.2) is 24.7 Å². The van der Waals surface area contributed by atoms with E-state index in [-0.39, 0.29) is 5.56 Å². The predicted octanol–water partition coefficient (Wildman–Crippen LogP) is 3.09. The van der Waals surface area contributed by atoms with Gasteiger partial charge in [0.2, 0.25) is 5.78 Å². The number of alkyl halides is 3. The van der Waals surface area contributed by atoms with Crippen LogP contribution in [0.15, 0.2) is 22.7 Å². The number of Topliss-reactive ketones (excluding diaryl/α,β-unsaturated/α-hetero) is 1. The molecule has 4 nitrogen and oxygen atoms in total. The zero-order chi connectivity index (χ0) is 14.6. The van der Waals surface area contributed by atoms with Crippen LogP contribution in [0.4, 0.5) is 13.2 Å². The predicted molar refractivity (Wildman–Crippen MR) is 61.8 cm³/mol. The summed E-state index contributed by atoms with van der Waals surface area (Å²) in [5, 5.41) is 0. The smallest absolute Gasteiger partial charge is 0.457 e. The Hall–Kier alpha value is -1.57. The van der Waals surface area contributed by atoms with Crippen LogP contribution in [0, 0.1) is 0 Å². The third kappa shape index (κ3) is 5.29. The van der Waals surface area contributed by atoms with E-state index < -0.39 is 30.5 Å². The fraction of sp³-hybridized carbons (Fsp3) is 0.273. The van der Waals surface area contributed by atoms with Gasteiger partial charge in [0.05, 0.1) is 5.56 Å². The first-order chi connectivity index (χ1) is 8.69. The van der Waals surface area contributed by atoms with Gasteiger partial charge >= 0.3 is 12.3 Å². The average Bonchev–Trinajstić information content (AvgIpc) is 2.23. The number of ether oxygens (including phenoxy) is 2. The molecule has 19 heavy (non-hydrogen) atoms. The molecule has 8 heteroatoms. The molecule has 0 aromatic heterocycles. The molecule has 1 rings (SSSR count). The van der Waals surface area contributed by atoms with Crippen molar-refractivity contribution in [1.82, 2.24) is 0 Å². The van der Waals surface area contributed by atoms with E-state index in [0.29, 0.717) is 4.47 Å². The molecule has 0 bridgehead atoms. The molecule has 0 fully saturated rings. The molecule has 0 unspecified atom stereocenters. The number of hydrogen-bond donors (Lipinski definition) is 0. The molecule has 0 saturated heterocycles.